The van der Waals surface area contributed by atoms with Gasteiger partial charge in [-0.05, 0) is 12.1 Å². The number of anilines is 1. The fraction of sp³-hybridized carbons (Fsp3) is 0. The molecule has 1 aromatic carbocycles. The van der Waals surface area contributed by atoms with E-state index in [0.717, 1.165) is 0 Å². The van der Waals surface area contributed by atoms with Crippen molar-refractivity contribution in [2.24, 2.45) is 0 Å². The maximum atomic E-state index is 8.81. The molecule has 1 heterocycles. The van der Waals surface area contributed by atoms with Gasteiger partial charge < -0.3 is 5.73 Å². The molecule has 1 aromatic heterocycles. The Morgan fingerprint density at radius 3 is 2.60 bits per heavy atom. The van der Waals surface area contributed by atoms with Crippen LogP contribution in [0.4, 0.5) is 5.69 Å². The highest BCUT2D eigenvalue weighted by molar-refractivity contribution is 5.76. The SMILES string of the molecule is N#Cc1cccc(-c2ncncn2)c1N. The molecule has 0 amide bonds. The van der Waals surface area contributed by atoms with Gasteiger partial charge in [0.2, 0.25) is 0 Å². The summed E-state index contributed by atoms with van der Waals surface area (Å²) in [5.74, 6) is 0.472. The molecule has 2 rings (SSSR count). The molecule has 72 valence electrons. The standard InChI is InChI=1S/C10H7N5/c11-4-7-2-1-3-8(9(7)12)10-14-5-13-6-15-10/h1-3,5-6H,12H2. The van der Waals surface area contributed by atoms with Crippen LogP contribution in [0.1, 0.15) is 5.56 Å². The summed E-state index contributed by atoms with van der Waals surface area (Å²) in [5, 5.41) is 8.81. The number of nitrogen functional groups attached to an aromatic ring is 1. The highest BCUT2D eigenvalue weighted by atomic mass is 15.0. The first-order valence-corrected chi connectivity index (χ1v) is 4.24. The van der Waals surface area contributed by atoms with Gasteiger partial charge in [0.25, 0.3) is 0 Å². The van der Waals surface area contributed by atoms with Gasteiger partial charge in [-0.3, -0.25) is 0 Å². The number of nitrogens with zero attached hydrogens (tertiary/aromatic N) is 4. The maximum absolute atomic E-state index is 8.81. The Morgan fingerprint density at radius 2 is 1.93 bits per heavy atom. The molecule has 5 heteroatoms. The largest absolute Gasteiger partial charge is 0.397 e. The quantitative estimate of drug-likeness (QED) is 0.688. The van der Waals surface area contributed by atoms with Crippen LogP contribution in [0, 0.1) is 11.3 Å². The third-order valence-electron chi connectivity index (χ3n) is 1.96. The molecule has 0 radical (unpaired) electrons. The van der Waals surface area contributed by atoms with Crippen molar-refractivity contribution < 1.29 is 0 Å². The molecule has 0 aliphatic carbocycles. The zero-order valence-electron chi connectivity index (χ0n) is 7.75. The first-order valence-electron chi connectivity index (χ1n) is 4.24. The number of aromatic nitrogens is 3. The summed E-state index contributed by atoms with van der Waals surface area (Å²) < 4.78 is 0. The van der Waals surface area contributed by atoms with E-state index in [1.165, 1.54) is 12.7 Å². The fourth-order valence-corrected chi connectivity index (χ4v) is 1.24. The van der Waals surface area contributed by atoms with Crippen molar-refractivity contribution in [2.75, 3.05) is 5.73 Å². The minimum atomic E-state index is 0.395. The number of nitriles is 1. The van der Waals surface area contributed by atoms with Gasteiger partial charge in [0, 0.05) is 5.56 Å². The molecule has 0 atom stereocenters. The van der Waals surface area contributed by atoms with Crippen molar-refractivity contribution in [3.05, 3.63) is 36.4 Å². The van der Waals surface area contributed by atoms with Crippen molar-refractivity contribution in [1.29, 1.82) is 5.26 Å². The number of hydrogen-bond acceptors (Lipinski definition) is 5. The van der Waals surface area contributed by atoms with Crippen LogP contribution < -0.4 is 5.73 Å². The van der Waals surface area contributed by atoms with E-state index in [1.807, 2.05) is 6.07 Å². The summed E-state index contributed by atoms with van der Waals surface area (Å²) in [4.78, 5) is 11.7. The van der Waals surface area contributed by atoms with E-state index in [-0.39, 0.29) is 0 Å². The number of benzene rings is 1. The van der Waals surface area contributed by atoms with Gasteiger partial charge in [-0.25, -0.2) is 15.0 Å². The molecule has 0 aliphatic rings. The van der Waals surface area contributed by atoms with Gasteiger partial charge in [-0.1, -0.05) is 6.07 Å². The lowest BCUT2D eigenvalue weighted by Gasteiger charge is -2.04. The van der Waals surface area contributed by atoms with Crippen LogP contribution >= 0.6 is 0 Å². The Hall–Kier alpha value is -2.48. The predicted octanol–water partition coefficient (Wildman–Crippen LogP) is 0.992. The molecule has 0 unspecified atom stereocenters. The maximum Gasteiger partial charge on any atom is 0.164 e. The van der Waals surface area contributed by atoms with Crippen LogP contribution in [0.15, 0.2) is 30.9 Å². The highest BCUT2D eigenvalue weighted by Crippen LogP contribution is 2.24. The second kappa shape index (κ2) is 3.72. The molecule has 0 saturated carbocycles. The zero-order chi connectivity index (χ0) is 10.7. The Bertz CT molecular complexity index is 515. The van der Waals surface area contributed by atoms with Gasteiger partial charge in [-0.15, -0.1) is 0 Å². The molecular formula is C10H7N5. The van der Waals surface area contributed by atoms with E-state index in [0.29, 0.717) is 22.6 Å². The molecule has 0 spiro atoms. The molecule has 2 N–H and O–H groups in total. The van der Waals surface area contributed by atoms with Crippen LogP contribution in [-0.4, -0.2) is 15.0 Å². The van der Waals surface area contributed by atoms with Crippen LogP contribution in [0.25, 0.3) is 11.4 Å². The van der Waals surface area contributed by atoms with Gasteiger partial charge in [0.15, 0.2) is 5.82 Å². The Morgan fingerprint density at radius 1 is 1.20 bits per heavy atom. The Balaban J connectivity index is 2.61. The second-order valence-electron chi connectivity index (χ2n) is 2.84. The average molecular weight is 197 g/mol. The summed E-state index contributed by atoms with van der Waals surface area (Å²) in [6.45, 7) is 0. The van der Waals surface area contributed by atoms with E-state index >= 15 is 0 Å². The van der Waals surface area contributed by atoms with Crippen LogP contribution in [0.2, 0.25) is 0 Å². The van der Waals surface area contributed by atoms with E-state index < -0.39 is 0 Å². The van der Waals surface area contributed by atoms with Gasteiger partial charge in [0.1, 0.15) is 18.7 Å². The van der Waals surface area contributed by atoms with Crippen LogP contribution in [0.3, 0.4) is 0 Å². The number of rotatable bonds is 1. The molecule has 0 aliphatic heterocycles. The molecule has 0 bridgehead atoms. The smallest absolute Gasteiger partial charge is 0.164 e. The van der Waals surface area contributed by atoms with Crippen molar-refractivity contribution >= 4 is 5.69 Å². The van der Waals surface area contributed by atoms with Crippen molar-refractivity contribution in [3.63, 3.8) is 0 Å². The first-order chi connectivity index (χ1) is 7.33. The summed E-state index contributed by atoms with van der Waals surface area (Å²) >= 11 is 0. The first kappa shape index (κ1) is 9.09. The topological polar surface area (TPSA) is 88.5 Å². The zero-order valence-corrected chi connectivity index (χ0v) is 7.75. The second-order valence-corrected chi connectivity index (χ2v) is 2.84. The third-order valence-corrected chi connectivity index (χ3v) is 1.96. The lowest BCUT2D eigenvalue weighted by Crippen LogP contribution is -1.97. The molecular weight excluding hydrogens is 190 g/mol. The van der Waals surface area contributed by atoms with E-state index in [9.17, 15) is 0 Å². The number of para-hydroxylation sites is 1. The predicted molar refractivity (Wildman–Crippen MR) is 54.4 cm³/mol. The summed E-state index contributed by atoms with van der Waals surface area (Å²) in [6.07, 6.45) is 2.78. The van der Waals surface area contributed by atoms with Crippen molar-refractivity contribution in [1.82, 2.24) is 15.0 Å². The Kier molecular flexibility index (Phi) is 2.25. The monoisotopic (exact) mass is 197 g/mol. The van der Waals surface area contributed by atoms with Gasteiger partial charge >= 0.3 is 0 Å². The van der Waals surface area contributed by atoms with E-state index in [1.54, 1.807) is 18.2 Å². The lowest BCUT2D eigenvalue weighted by atomic mass is 10.1. The lowest BCUT2D eigenvalue weighted by molar-refractivity contribution is 1.06. The van der Waals surface area contributed by atoms with Crippen molar-refractivity contribution in [3.8, 4) is 17.5 Å². The van der Waals surface area contributed by atoms with Crippen molar-refractivity contribution in [2.45, 2.75) is 0 Å². The molecule has 5 nitrogen and oxygen atoms in total. The minimum absolute atomic E-state index is 0.395. The summed E-state index contributed by atoms with van der Waals surface area (Å²) in [7, 11) is 0. The molecule has 2 aromatic rings. The highest BCUT2D eigenvalue weighted by Gasteiger charge is 2.08. The molecule has 0 saturated heterocycles. The Labute approximate surface area is 86.2 Å². The fourth-order valence-electron chi connectivity index (χ4n) is 1.24. The van der Waals surface area contributed by atoms with E-state index in [2.05, 4.69) is 15.0 Å². The van der Waals surface area contributed by atoms with Crippen LogP contribution in [0.5, 0.6) is 0 Å². The number of nitrogens with two attached hydrogens (primary N) is 1. The van der Waals surface area contributed by atoms with Gasteiger partial charge in [-0.2, -0.15) is 5.26 Å². The molecule has 0 fully saturated rings. The number of hydrogen-bond donors (Lipinski definition) is 1. The average Bonchev–Trinajstić information content (AvgIpc) is 2.30. The van der Waals surface area contributed by atoms with Gasteiger partial charge in [0.05, 0.1) is 11.3 Å². The van der Waals surface area contributed by atoms with E-state index in [4.69, 9.17) is 11.0 Å². The van der Waals surface area contributed by atoms with Crippen LogP contribution in [-0.2, 0) is 0 Å². The minimum Gasteiger partial charge on any atom is -0.397 e. The summed E-state index contributed by atoms with van der Waals surface area (Å²) in [6, 6.07) is 7.18. The molecule has 15 heavy (non-hydrogen) atoms. The third kappa shape index (κ3) is 1.60. The summed E-state index contributed by atoms with van der Waals surface area (Å²) in [5.41, 5.74) is 7.27. The normalized spacial score (nSPS) is 9.53.